The SMILES string of the molecule is Cc1ccc(NC(=O)Cc2nc(COC(=O)c3ccccc3I)cs2)cc1. The van der Waals surface area contributed by atoms with Crippen molar-refractivity contribution in [3.05, 3.63) is 79.3 Å². The topological polar surface area (TPSA) is 68.3 Å². The van der Waals surface area contributed by atoms with Crippen LogP contribution in [0.3, 0.4) is 0 Å². The minimum Gasteiger partial charge on any atom is -0.456 e. The normalized spacial score (nSPS) is 10.4. The Bertz CT molecular complexity index is 954. The number of hydrogen-bond acceptors (Lipinski definition) is 5. The number of esters is 1. The lowest BCUT2D eigenvalue weighted by Gasteiger charge is -2.05. The quantitative estimate of drug-likeness (QED) is 0.404. The number of nitrogens with zero attached hydrogens (tertiary/aromatic N) is 1. The molecule has 0 atom stereocenters. The van der Waals surface area contributed by atoms with E-state index in [0.717, 1.165) is 14.8 Å². The van der Waals surface area contributed by atoms with Crippen molar-refractivity contribution < 1.29 is 14.3 Å². The predicted octanol–water partition coefficient (Wildman–Crippen LogP) is 4.59. The maximum atomic E-state index is 12.1. The summed E-state index contributed by atoms with van der Waals surface area (Å²) in [6, 6.07) is 14.9. The molecule has 2 aromatic carbocycles. The fraction of sp³-hybridized carbons (Fsp3) is 0.150. The monoisotopic (exact) mass is 492 g/mol. The van der Waals surface area contributed by atoms with Crippen LogP contribution >= 0.6 is 33.9 Å². The molecule has 27 heavy (non-hydrogen) atoms. The largest absolute Gasteiger partial charge is 0.456 e. The highest BCUT2D eigenvalue weighted by molar-refractivity contribution is 14.1. The first-order valence-electron chi connectivity index (χ1n) is 8.23. The first-order chi connectivity index (χ1) is 13.0. The molecule has 0 fully saturated rings. The van der Waals surface area contributed by atoms with Gasteiger partial charge in [0.15, 0.2) is 0 Å². The van der Waals surface area contributed by atoms with Crippen LogP contribution in [0.2, 0.25) is 0 Å². The van der Waals surface area contributed by atoms with Crippen LogP contribution in [0.1, 0.15) is 26.6 Å². The lowest BCUT2D eigenvalue weighted by atomic mass is 10.2. The molecule has 138 valence electrons. The Morgan fingerprint density at radius 2 is 1.89 bits per heavy atom. The molecule has 5 nitrogen and oxygen atoms in total. The first kappa shape index (κ1) is 19.5. The van der Waals surface area contributed by atoms with Crippen LogP contribution < -0.4 is 5.32 Å². The third-order valence-corrected chi connectivity index (χ3v) is 5.53. The molecule has 0 aliphatic heterocycles. The van der Waals surface area contributed by atoms with E-state index in [1.807, 2.05) is 43.3 Å². The smallest absolute Gasteiger partial charge is 0.339 e. The summed E-state index contributed by atoms with van der Waals surface area (Å²) in [6.07, 6.45) is 0.184. The molecule has 0 radical (unpaired) electrons. The van der Waals surface area contributed by atoms with Gasteiger partial charge in [-0.2, -0.15) is 0 Å². The predicted molar refractivity (Wildman–Crippen MR) is 114 cm³/mol. The van der Waals surface area contributed by atoms with Gasteiger partial charge in [0.05, 0.1) is 17.7 Å². The number of halogens is 1. The number of rotatable bonds is 6. The molecule has 1 N–H and O–H groups in total. The number of aromatic nitrogens is 1. The van der Waals surface area contributed by atoms with Gasteiger partial charge in [0, 0.05) is 14.6 Å². The number of ether oxygens (including phenoxy) is 1. The van der Waals surface area contributed by atoms with Gasteiger partial charge in [-0.25, -0.2) is 9.78 Å². The van der Waals surface area contributed by atoms with E-state index in [0.29, 0.717) is 16.3 Å². The summed E-state index contributed by atoms with van der Waals surface area (Å²) in [5.41, 5.74) is 3.06. The van der Waals surface area contributed by atoms with Gasteiger partial charge in [-0.1, -0.05) is 29.8 Å². The minimum absolute atomic E-state index is 0.0832. The third kappa shape index (κ3) is 5.61. The van der Waals surface area contributed by atoms with Crippen molar-refractivity contribution in [2.24, 2.45) is 0 Å². The molecule has 7 heteroatoms. The molecule has 0 spiro atoms. The van der Waals surface area contributed by atoms with Crippen molar-refractivity contribution in [3.8, 4) is 0 Å². The van der Waals surface area contributed by atoms with Crippen LogP contribution in [0, 0.1) is 10.5 Å². The van der Waals surface area contributed by atoms with E-state index in [1.165, 1.54) is 11.3 Å². The molecule has 1 amide bonds. The fourth-order valence-corrected chi connectivity index (χ4v) is 3.70. The van der Waals surface area contributed by atoms with Crippen LogP contribution in [-0.4, -0.2) is 16.9 Å². The van der Waals surface area contributed by atoms with E-state index in [2.05, 4.69) is 32.9 Å². The maximum absolute atomic E-state index is 12.1. The molecule has 3 aromatic rings. The molecule has 1 aromatic heterocycles. The molecule has 0 aliphatic rings. The Hall–Kier alpha value is -2.26. The van der Waals surface area contributed by atoms with Gasteiger partial charge in [-0.05, 0) is 53.8 Å². The second-order valence-electron chi connectivity index (χ2n) is 5.88. The van der Waals surface area contributed by atoms with Gasteiger partial charge >= 0.3 is 5.97 Å². The third-order valence-electron chi connectivity index (χ3n) is 3.69. The van der Waals surface area contributed by atoms with Crippen LogP contribution in [0.4, 0.5) is 5.69 Å². The summed E-state index contributed by atoms with van der Waals surface area (Å²) >= 11 is 3.48. The van der Waals surface area contributed by atoms with Crippen LogP contribution in [0.15, 0.2) is 53.9 Å². The van der Waals surface area contributed by atoms with Crippen molar-refractivity contribution in [3.63, 3.8) is 0 Å². The molecule has 0 saturated heterocycles. The average Bonchev–Trinajstić information content (AvgIpc) is 3.09. The van der Waals surface area contributed by atoms with E-state index in [4.69, 9.17) is 4.74 Å². The molecule has 0 unspecified atom stereocenters. The van der Waals surface area contributed by atoms with Crippen molar-refractivity contribution in [1.82, 2.24) is 4.98 Å². The maximum Gasteiger partial charge on any atom is 0.339 e. The van der Waals surface area contributed by atoms with Gasteiger partial charge < -0.3 is 10.1 Å². The second-order valence-corrected chi connectivity index (χ2v) is 7.98. The highest BCUT2D eigenvalue weighted by atomic mass is 127. The van der Waals surface area contributed by atoms with Crippen molar-refractivity contribution >= 4 is 51.5 Å². The van der Waals surface area contributed by atoms with Crippen LogP contribution in [0.25, 0.3) is 0 Å². The molecule has 1 heterocycles. The summed E-state index contributed by atoms with van der Waals surface area (Å²) in [5.74, 6) is -0.512. The molecule has 3 rings (SSSR count). The van der Waals surface area contributed by atoms with E-state index in [1.54, 1.807) is 17.5 Å². The lowest BCUT2D eigenvalue weighted by Crippen LogP contribution is -2.14. The number of carbonyl (C=O) groups excluding carboxylic acids is 2. The first-order valence-corrected chi connectivity index (χ1v) is 10.2. The number of benzene rings is 2. The number of hydrogen-bond donors (Lipinski definition) is 1. The standard InChI is InChI=1S/C20H17IN2O3S/c1-13-6-8-14(9-7-13)22-18(24)10-19-23-15(12-27-19)11-26-20(25)16-4-2-3-5-17(16)21/h2-9,12H,10-11H2,1H3,(H,22,24). The zero-order valence-corrected chi connectivity index (χ0v) is 17.5. The summed E-state index contributed by atoms with van der Waals surface area (Å²) in [7, 11) is 0. The minimum atomic E-state index is -0.383. The van der Waals surface area contributed by atoms with Gasteiger partial charge in [-0.3, -0.25) is 4.79 Å². The molecule has 0 bridgehead atoms. The summed E-state index contributed by atoms with van der Waals surface area (Å²) in [5, 5.41) is 5.33. The van der Waals surface area contributed by atoms with Crippen LogP contribution in [-0.2, 0) is 22.6 Å². The number of aryl methyl sites for hydroxylation is 1. The Labute approximate surface area is 174 Å². The lowest BCUT2D eigenvalue weighted by molar-refractivity contribution is -0.115. The Morgan fingerprint density at radius 1 is 1.15 bits per heavy atom. The zero-order valence-electron chi connectivity index (χ0n) is 14.6. The average molecular weight is 492 g/mol. The number of carbonyl (C=O) groups is 2. The van der Waals surface area contributed by atoms with Crippen molar-refractivity contribution in [2.45, 2.75) is 20.0 Å². The fourth-order valence-electron chi connectivity index (χ4n) is 2.32. The van der Waals surface area contributed by atoms with Gasteiger partial charge in [0.1, 0.15) is 11.6 Å². The van der Waals surface area contributed by atoms with E-state index < -0.39 is 0 Å². The zero-order chi connectivity index (χ0) is 19.2. The number of amides is 1. The summed E-state index contributed by atoms with van der Waals surface area (Å²) in [6.45, 7) is 2.08. The second kappa shape index (κ2) is 9.09. The van der Waals surface area contributed by atoms with Gasteiger partial charge in [-0.15, -0.1) is 11.3 Å². The Balaban J connectivity index is 1.52. The summed E-state index contributed by atoms with van der Waals surface area (Å²) in [4.78, 5) is 28.6. The van der Waals surface area contributed by atoms with Gasteiger partial charge in [0.25, 0.3) is 0 Å². The molecular weight excluding hydrogens is 475 g/mol. The van der Waals surface area contributed by atoms with Crippen molar-refractivity contribution in [1.29, 1.82) is 0 Å². The van der Waals surface area contributed by atoms with Gasteiger partial charge in [0.2, 0.25) is 5.91 Å². The van der Waals surface area contributed by atoms with Crippen molar-refractivity contribution in [2.75, 3.05) is 5.32 Å². The van der Waals surface area contributed by atoms with E-state index >= 15 is 0 Å². The molecule has 0 aliphatic carbocycles. The highest BCUT2D eigenvalue weighted by Gasteiger charge is 2.13. The number of anilines is 1. The van der Waals surface area contributed by atoms with Crippen LogP contribution in [0.5, 0.6) is 0 Å². The molecular formula is C20H17IN2O3S. The number of thiazole rings is 1. The summed E-state index contributed by atoms with van der Waals surface area (Å²) < 4.78 is 6.16. The Morgan fingerprint density at radius 3 is 2.63 bits per heavy atom. The molecule has 0 saturated carbocycles. The highest BCUT2D eigenvalue weighted by Crippen LogP contribution is 2.16. The van der Waals surface area contributed by atoms with E-state index in [-0.39, 0.29) is 24.9 Å². The Kier molecular flexibility index (Phi) is 6.57. The van der Waals surface area contributed by atoms with E-state index in [9.17, 15) is 9.59 Å². The number of nitrogens with one attached hydrogen (secondary N) is 1.